The first-order chi connectivity index (χ1) is 13.9. The van der Waals surface area contributed by atoms with Crippen LogP contribution in [0.15, 0.2) is 40.8 Å². The van der Waals surface area contributed by atoms with Gasteiger partial charge in [-0.2, -0.15) is 0 Å². The van der Waals surface area contributed by atoms with Crippen LogP contribution < -0.4 is 10.1 Å². The number of hydrogen-bond acceptors (Lipinski definition) is 6. The fraction of sp³-hybridized carbons (Fsp3) is 0.318. The van der Waals surface area contributed by atoms with Crippen LogP contribution in [0, 0.1) is 6.92 Å². The largest absolute Gasteiger partial charge is 0.490 e. The molecule has 0 saturated heterocycles. The van der Waals surface area contributed by atoms with Gasteiger partial charge in [-0.3, -0.25) is 4.79 Å². The van der Waals surface area contributed by atoms with E-state index in [9.17, 15) is 9.59 Å². The zero-order chi connectivity index (χ0) is 21.0. The van der Waals surface area contributed by atoms with Gasteiger partial charge in [0.1, 0.15) is 11.5 Å². The number of pyridine rings is 1. The van der Waals surface area contributed by atoms with Crippen molar-refractivity contribution in [3.05, 3.63) is 59.1 Å². The van der Waals surface area contributed by atoms with Crippen LogP contribution in [0.3, 0.4) is 0 Å². The lowest BCUT2D eigenvalue weighted by Crippen LogP contribution is -2.27. The van der Waals surface area contributed by atoms with E-state index in [1.807, 2.05) is 38.1 Å². The van der Waals surface area contributed by atoms with Gasteiger partial charge in [-0.15, -0.1) is 0 Å². The molecule has 7 nitrogen and oxygen atoms in total. The van der Waals surface area contributed by atoms with Gasteiger partial charge in [0.2, 0.25) is 0 Å². The van der Waals surface area contributed by atoms with Gasteiger partial charge in [0, 0.05) is 5.39 Å². The van der Waals surface area contributed by atoms with Crippen molar-refractivity contribution in [2.24, 2.45) is 0 Å². The molecule has 0 aliphatic heterocycles. The Kier molecular flexibility index (Phi) is 6.16. The fourth-order valence-corrected chi connectivity index (χ4v) is 2.99. The number of hydrogen-bond donors (Lipinski definition) is 1. The molecule has 0 spiro atoms. The number of carbonyl (C=O) groups excluding carboxylic acids is 2. The number of aryl methyl sites for hydroxylation is 1. The molecule has 3 aromatic rings. The van der Waals surface area contributed by atoms with Gasteiger partial charge in [0.25, 0.3) is 5.91 Å². The highest BCUT2D eigenvalue weighted by atomic mass is 16.5. The van der Waals surface area contributed by atoms with Gasteiger partial charge in [-0.05, 0) is 52.0 Å². The predicted octanol–water partition coefficient (Wildman–Crippen LogP) is 4.20. The van der Waals surface area contributed by atoms with Crippen LogP contribution in [-0.2, 0) is 4.74 Å². The molecular formula is C22H24N2O5. The molecular weight excluding hydrogens is 372 g/mol. The molecule has 1 unspecified atom stereocenters. The summed E-state index contributed by atoms with van der Waals surface area (Å²) in [5.74, 6) is 0.466. The Labute approximate surface area is 169 Å². The number of rotatable bonds is 7. The highest BCUT2D eigenvalue weighted by Crippen LogP contribution is 2.31. The van der Waals surface area contributed by atoms with E-state index in [2.05, 4.69) is 10.3 Å². The summed E-state index contributed by atoms with van der Waals surface area (Å²) in [6, 6.07) is 10.2. The Morgan fingerprint density at radius 1 is 1.17 bits per heavy atom. The maximum atomic E-state index is 12.6. The van der Waals surface area contributed by atoms with Crippen molar-refractivity contribution in [2.75, 3.05) is 13.2 Å². The standard InChI is InChI=1S/C22H24N2O5/c1-5-27-18-9-7-8-15-12-19(29-20(15)18)14(4)24-21(25)17-11-10-16(13(3)23-17)22(26)28-6-2/h7-12,14H,5-6H2,1-4H3,(H,24,25). The Hall–Kier alpha value is -3.35. The maximum absolute atomic E-state index is 12.6. The second-order valence-electron chi connectivity index (χ2n) is 6.50. The lowest BCUT2D eigenvalue weighted by Gasteiger charge is -2.12. The Morgan fingerprint density at radius 3 is 2.66 bits per heavy atom. The van der Waals surface area contributed by atoms with E-state index in [4.69, 9.17) is 13.9 Å². The summed E-state index contributed by atoms with van der Waals surface area (Å²) in [5.41, 5.74) is 1.65. The zero-order valence-electron chi connectivity index (χ0n) is 16.9. The van der Waals surface area contributed by atoms with Gasteiger partial charge < -0.3 is 19.2 Å². The second-order valence-corrected chi connectivity index (χ2v) is 6.50. The van der Waals surface area contributed by atoms with Crippen molar-refractivity contribution < 1.29 is 23.5 Å². The summed E-state index contributed by atoms with van der Waals surface area (Å²) in [5, 5.41) is 3.78. The molecule has 0 fully saturated rings. The molecule has 1 N–H and O–H groups in total. The molecule has 29 heavy (non-hydrogen) atoms. The lowest BCUT2D eigenvalue weighted by molar-refractivity contribution is 0.0524. The quantitative estimate of drug-likeness (QED) is 0.602. The van der Waals surface area contributed by atoms with Gasteiger partial charge in [0.15, 0.2) is 11.3 Å². The number of ether oxygens (including phenoxy) is 2. The molecule has 0 aliphatic rings. The molecule has 0 saturated carbocycles. The highest BCUT2D eigenvalue weighted by Gasteiger charge is 2.19. The third kappa shape index (κ3) is 4.39. The van der Waals surface area contributed by atoms with Crippen LogP contribution >= 0.6 is 0 Å². The molecule has 0 radical (unpaired) electrons. The number of aromatic nitrogens is 1. The Bertz CT molecular complexity index is 1040. The average molecular weight is 396 g/mol. The summed E-state index contributed by atoms with van der Waals surface area (Å²) >= 11 is 0. The SMILES string of the molecule is CCOC(=O)c1ccc(C(=O)NC(C)c2cc3cccc(OCC)c3o2)nc1C. The molecule has 1 aromatic carbocycles. The number of furan rings is 1. The van der Waals surface area contributed by atoms with Crippen molar-refractivity contribution in [1.82, 2.24) is 10.3 Å². The van der Waals surface area contributed by atoms with E-state index in [0.717, 1.165) is 5.39 Å². The minimum absolute atomic E-state index is 0.216. The average Bonchev–Trinajstić information content (AvgIpc) is 3.13. The van der Waals surface area contributed by atoms with E-state index in [0.29, 0.717) is 35.0 Å². The van der Waals surface area contributed by atoms with Crippen molar-refractivity contribution >= 4 is 22.8 Å². The number of amides is 1. The van der Waals surface area contributed by atoms with E-state index >= 15 is 0 Å². The van der Waals surface area contributed by atoms with Gasteiger partial charge >= 0.3 is 5.97 Å². The van der Waals surface area contributed by atoms with Crippen LogP contribution in [0.2, 0.25) is 0 Å². The number of nitrogens with zero attached hydrogens (tertiary/aromatic N) is 1. The van der Waals surface area contributed by atoms with Crippen LogP contribution in [0.25, 0.3) is 11.0 Å². The topological polar surface area (TPSA) is 90.7 Å². The van der Waals surface area contributed by atoms with Crippen molar-refractivity contribution in [3.63, 3.8) is 0 Å². The number of esters is 1. The zero-order valence-corrected chi connectivity index (χ0v) is 16.9. The minimum Gasteiger partial charge on any atom is -0.490 e. The summed E-state index contributed by atoms with van der Waals surface area (Å²) < 4.78 is 16.5. The molecule has 1 amide bonds. The van der Waals surface area contributed by atoms with Gasteiger partial charge in [0.05, 0.1) is 30.5 Å². The number of carbonyl (C=O) groups is 2. The predicted molar refractivity (Wildman–Crippen MR) is 108 cm³/mol. The molecule has 0 aliphatic carbocycles. The molecule has 2 aromatic heterocycles. The van der Waals surface area contributed by atoms with Crippen molar-refractivity contribution in [1.29, 1.82) is 0 Å². The molecule has 7 heteroatoms. The van der Waals surface area contributed by atoms with Crippen LogP contribution in [-0.4, -0.2) is 30.1 Å². The lowest BCUT2D eigenvalue weighted by atomic mass is 10.1. The molecule has 3 rings (SSSR count). The summed E-state index contributed by atoms with van der Waals surface area (Å²) in [6.45, 7) is 7.96. The Balaban J connectivity index is 1.77. The second kappa shape index (κ2) is 8.77. The first kappa shape index (κ1) is 20.4. The fourth-order valence-electron chi connectivity index (χ4n) is 2.99. The first-order valence-corrected chi connectivity index (χ1v) is 9.55. The third-order valence-electron chi connectivity index (χ3n) is 4.42. The molecule has 152 valence electrons. The number of para-hydroxylation sites is 1. The number of nitrogens with one attached hydrogen (secondary N) is 1. The van der Waals surface area contributed by atoms with E-state index in [-0.39, 0.29) is 24.2 Å². The van der Waals surface area contributed by atoms with Crippen molar-refractivity contribution in [2.45, 2.75) is 33.7 Å². The minimum atomic E-state index is -0.454. The van der Waals surface area contributed by atoms with Gasteiger partial charge in [-0.25, -0.2) is 9.78 Å². The normalized spacial score (nSPS) is 11.9. The monoisotopic (exact) mass is 396 g/mol. The summed E-state index contributed by atoms with van der Waals surface area (Å²) in [4.78, 5) is 28.7. The van der Waals surface area contributed by atoms with E-state index in [1.54, 1.807) is 19.9 Å². The molecule has 0 bridgehead atoms. The van der Waals surface area contributed by atoms with E-state index in [1.165, 1.54) is 6.07 Å². The maximum Gasteiger partial charge on any atom is 0.339 e. The van der Waals surface area contributed by atoms with E-state index < -0.39 is 5.97 Å². The first-order valence-electron chi connectivity index (χ1n) is 9.55. The third-order valence-corrected chi connectivity index (χ3v) is 4.42. The summed E-state index contributed by atoms with van der Waals surface area (Å²) in [7, 11) is 0. The Morgan fingerprint density at radius 2 is 1.97 bits per heavy atom. The van der Waals surface area contributed by atoms with Gasteiger partial charge in [-0.1, -0.05) is 12.1 Å². The number of fused-ring (bicyclic) bond motifs is 1. The summed E-state index contributed by atoms with van der Waals surface area (Å²) in [6.07, 6.45) is 0. The highest BCUT2D eigenvalue weighted by molar-refractivity contribution is 5.95. The van der Waals surface area contributed by atoms with Crippen LogP contribution in [0.4, 0.5) is 0 Å². The van der Waals surface area contributed by atoms with Crippen molar-refractivity contribution in [3.8, 4) is 5.75 Å². The molecule has 1 atom stereocenters. The molecule has 2 heterocycles. The van der Waals surface area contributed by atoms with Crippen LogP contribution in [0.1, 0.15) is 59.1 Å². The van der Waals surface area contributed by atoms with Crippen LogP contribution in [0.5, 0.6) is 5.75 Å². The number of benzene rings is 1. The smallest absolute Gasteiger partial charge is 0.339 e.